The van der Waals surface area contributed by atoms with Gasteiger partial charge in [-0.1, -0.05) is 55.0 Å². The predicted octanol–water partition coefficient (Wildman–Crippen LogP) is 4.89. The molecular weight excluding hydrogens is 444 g/mol. The summed E-state index contributed by atoms with van der Waals surface area (Å²) in [5, 5.41) is 2.81. The summed E-state index contributed by atoms with van der Waals surface area (Å²) in [6.07, 6.45) is 2.57. The summed E-state index contributed by atoms with van der Waals surface area (Å²) in [5.41, 5.74) is 4.78. The summed E-state index contributed by atoms with van der Waals surface area (Å²) in [6, 6.07) is 16.5. The zero-order valence-corrected chi connectivity index (χ0v) is 20.8. The summed E-state index contributed by atoms with van der Waals surface area (Å²) in [7, 11) is 0. The number of amides is 2. The number of esters is 1. The summed E-state index contributed by atoms with van der Waals surface area (Å²) < 4.78 is 10.5. The molecule has 2 amide bonds. The highest BCUT2D eigenvalue weighted by Crippen LogP contribution is 2.44. The van der Waals surface area contributed by atoms with Crippen molar-refractivity contribution in [1.82, 2.24) is 10.2 Å². The van der Waals surface area contributed by atoms with Gasteiger partial charge in [0.05, 0.1) is 13.0 Å². The van der Waals surface area contributed by atoms with Gasteiger partial charge < -0.3 is 19.7 Å². The molecule has 0 bridgehead atoms. The molecule has 7 nitrogen and oxygen atoms in total. The van der Waals surface area contributed by atoms with Crippen molar-refractivity contribution in [3.8, 4) is 11.1 Å². The van der Waals surface area contributed by atoms with Crippen LogP contribution < -0.4 is 5.32 Å². The Morgan fingerprint density at radius 2 is 1.51 bits per heavy atom. The van der Waals surface area contributed by atoms with Crippen LogP contribution in [0.3, 0.4) is 0 Å². The van der Waals surface area contributed by atoms with Gasteiger partial charge in [-0.2, -0.15) is 0 Å². The molecule has 0 spiro atoms. The third kappa shape index (κ3) is 7.31. The largest absolute Gasteiger partial charge is 0.466 e. The number of benzene rings is 2. The van der Waals surface area contributed by atoms with Gasteiger partial charge in [-0.3, -0.25) is 9.59 Å². The van der Waals surface area contributed by atoms with Gasteiger partial charge in [0.25, 0.3) is 0 Å². The number of carbonyl (C=O) groups excluding carboxylic acids is 3. The molecule has 0 saturated carbocycles. The highest BCUT2D eigenvalue weighted by Gasteiger charge is 2.28. The quantitative estimate of drug-likeness (QED) is 0.326. The topological polar surface area (TPSA) is 84.9 Å². The molecule has 0 radical (unpaired) electrons. The SMILES string of the molecule is CCOC(=O)CCN(CC)C(=O)CCCCCNC(=O)OCC1c2ccccc2-c2ccccc21. The van der Waals surface area contributed by atoms with Crippen LogP contribution in [0.15, 0.2) is 48.5 Å². The van der Waals surface area contributed by atoms with Crippen LogP contribution in [0.2, 0.25) is 0 Å². The lowest BCUT2D eigenvalue weighted by Gasteiger charge is -2.20. The molecule has 0 saturated heterocycles. The first-order chi connectivity index (χ1) is 17.0. The first-order valence-corrected chi connectivity index (χ1v) is 12.6. The van der Waals surface area contributed by atoms with E-state index in [1.807, 2.05) is 31.2 Å². The molecule has 7 heteroatoms. The molecule has 3 rings (SSSR count). The number of hydrogen-bond acceptors (Lipinski definition) is 5. The first-order valence-electron chi connectivity index (χ1n) is 12.6. The molecule has 188 valence electrons. The Kier molecular flexibility index (Phi) is 10.1. The van der Waals surface area contributed by atoms with Crippen LogP contribution in [-0.2, 0) is 19.1 Å². The van der Waals surface area contributed by atoms with Crippen molar-refractivity contribution >= 4 is 18.0 Å². The second-order valence-corrected chi connectivity index (χ2v) is 8.59. The van der Waals surface area contributed by atoms with Crippen molar-refractivity contribution in [3.63, 3.8) is 0 Å². The van der Waals surface area contributed by atoms with E-state index in [4.69, 9.17) is 9.47 Å². The standard InChI is InChI=1S/C28H36N2O5/c1-3-30(19-17-27(32)34-4-2)26(31)16-6-5-11-18-29-28(33)35-20-25-23-14-9-7-12-21(23)22-13-8-10-15-24(22)25/h7-10,12-15,25H,3-6,11,16-20H2,1-2H3,(H,29,33). The Labute approximate surface area is 207 Å². The number of rotatable bonds is 13. The second kappa shape index (κ2) is 13.5. The molecule has 0 unspecified atom stereocenters. The van der Waals surface area contributed by atoms with Crippen molar-refractivity contribution in [3.05, 3.63) is 59.7 Å². The van der Waals surface area contributed by atoms with Crippen molar-refractivity contribution in [2.45, 2.75) is 51.9 Å². The Morgan fingerprint density at radius 1 is 0.857 bits per heavy atom. The van der Waals surface area contributed by atoms with Crippen LogP contribution in [0, 0.1) is 0 Å². The van der Waals surface area contributed by atoms with Gasteiger partial charge in [0.1, 0.15) is 6.61 Å². The van der Waals surface area contributed by atoms with Crippen LogP contribution in [0.4, 0.5) is 4.79 Å². The zero-order chi connectivity index (χ0) is 25.0. The highest BCUT2D eigenvalue weighted by molar-refractivity contribution is 5.79. The lowest BCUT2D eigenvalue weighted by atomic mass is 9.98. The minimum absolute atomic E-state index is 0.0429. The average Bonchev–Trinajstić information content (AvgIpc) is 3.19. The Balaban J connectivity index is 1.32. The third-order valence-corrected chi connectivity index (χ3v) is 6.31. The fourth-order valence-corrected chi connectivity index (χ4v) is 4.49. The number of unbranched alkanes of at least 4 members (excludes halogenated alkanes) is 2. The average molecular weight is 481 g/mol. The lowest BCUT2D eigenvalue weighted by molar-refractivity contribution is -0.144. The maximum Gasteiger partial charge on any atom is 0.407 e. The molecule has 0 heterocycles. The molecule has 35 heavy (non-hydrogen) atoms. The smallest absolute Gasteiger partial charge is 0.407 e. The Hall–Kier alpha value is -3.35. The number of ether oxygens (including phenoxy) is 2. The fourth-order valence-electron chi connectivity index (χ4n) is 4.49. The van der Waals surface area contributed by atoms with E-state index in [-0.39, 0.29) is 24.2 Å². The van der Waals surface area contributed by atoms with Gasteiger partial charge in [-0.05, 0) is 48.9 Å². The van der Waals surface area contributed by atoms with E-state index in [1.165, 1.54) is 22.3 Å². The van der Waals surface area contributed by atoms with E-state index in [0.29, 0.717) is 39.3 Å². The minimum Gasteiger partial charge on any atom is -0.466 e. The number of nitrogens with one attached hydrogen (secondary N) is 1. The molecule has 1 aliphatic rings. The van der Waals surface area contributed by atoms with Gasteiger partial charge >= 0.3 is 12.1 Å². The molecule has 2 aromatic carbocycles. The van der Waals surface area contributed by atoms with E-state index in [0.717, 1.165) is 19.3 Å². The molecule has 2 aromatic rings. The second-order valence-electron chi connectivity index (χ2n) is 8.59. The molecule has 0 aliphatic heterocycles. The monoisotopic (exact) mass is 480 g/mol. The maximum atomic E-state index is 12.4. The van der Waals surface area contributed by atoms with Crippen LogP contribution in [0.1, 0.15) is 63.0 Å². The third-order valence-electron chi connectivity index (χ3n) is 6.31. The van der Waals surface area contributed by atoms with Crippen LogP contribution in [-0.4, -0.2) is 55.7 Å². The fraction of sp³-hybridized carbons (Fsp3) is 0.464. The van der Waals surface area contributed by atoms with Crippen molar-refractivity contribution < 1.29 is 23.9 Å². The Morgan fingerprint density at radius 3 is 2.14 bits per heavy atom. The van der Waals surface area contributed by atoms with Crippen LogP contribution in [0.5, 0.6) is 0 Å². The first kappa shape index (κ1) is 26.3. The number of alkyl carbamates (subject to hydrolysis) is 1. The van der Waals surface area contributed by atoms with E-state index in [1.54, 1.807) is 11.8 Å². The molecule has 0 fully saturated rings. The van der Waals surface area contributed by atoms with Gasteiger partial charge in [-0.25, -0.2) is 4.79 Å². The van der Waals surface area contributed by atoms with Crippen molar-refractivity contribution in [2.24, 2.45) is 0 Å². The highest BCUT2D eigenvalue weighted by atomic mass is 16.5. The van der Waals surface area contributed by atoms with Gasteiger partial charge in [0, 0.05) is 32.0 Å². The minimum atomic E-state index is -0.418. The maximum absolute atomic E-state index is 12.4. The number of fused-ring (bicyclic) bond motifs is 3. The van der Waals surface area contributed by atoms with Crippen molar-refractivity contribution in [1.29, 1.82) is 0 Å². The number of nitrogens with zero attached hydrogens (tertiary/aromatic N) is 1. The van der Waals surface area contributed by atoms with Crippen LogP contribution in [0.25, 0.3) is 11.1 Å². The van der Waals surface area contributed by atoms with Crippen LogP contribution >= 0.6 is 0 Å². The zero-order valence-electron chi connectivity index (χ0n) is 20.8. The summed E-state index contributed by atoms with van der Waals surface area (Å²) in [5.74, 6) is -0.191. The van der Waals surface area contributed by atoms with E-state index in [2.05, 4.69) is 29.6 Å². The predicted molar refractivity (Wildman–Crippen MR) is 135 cm³/mol. The van der Waals surface area contributed by atoms with E-state index >= 15 is 0 Å². The summed E-state index contributed by atoms with van der Waals surface area (Å²) in [6.45, 7) is 5.78. The number of carbonyl (C=O) groups is 3. The van der Waals surface area contributed by atoms with E-state index < -0.39 is 6.09 Å². The molecule has 1 N–H and O–H groups in total. The van der Waals surface area contributed by atoms with Gasteiger partial charge in [0.15, 0.2) is 0 Å². The van der Waals surface area contributed by atoms with Crippen molar-refractivity contribution in [2.75, 3.05) is 32.8 Å². The molecule has 1 aliphatic carbocycles. The summed E-state index contributed by atoms with van der Waals surface area (Å²) >= 11 is 0. The van der Waals surface area contributed by atoms with Gasteiger partial charge in [0.2, 0.25) is 5.91 Å². The molecule has 0 atom stereocenters. The van der Waals surface area contributed by atoms with Gasteiger partial charge in [-0.15, -0.1) is 0 Å². The van der Waals surface area contributed by atoms with E-state index in [9.17, 15) is 14.4 Å². The lowest BCUT2D eigenvalue weighted by Crippen LogP contribution is -2.33. The Bertz CT molecular complexity index is 961. The molecule has 0 aromatic heterocycles. The number of hydrogen-bond donors (Lipinski definition) is 1. The normalized spacial score (nSPS) is 11.9. The molecular formula is C28H36N2O5. The summed E-state index contributed by atoms with van der Waals surface area (Å²) in [4.78, 5) is 37.8.